The van der Waals surface area contributed by atoms with Crippen LogP contribution in [0.1, 0.15) is 36.0 Å². The van der Waals surface area contributed by atoms with Crippen LogP contribution in [0.2, 0.25) is 0 Å². The number of nitrogens with zero attached hydrogens (tertiary/aromatic N) is 2. The molecule has 1 radical (unpaired) electrons. The Hall–Kier alpha value is -0.816. The number of likely N-dealkylation sites (tertiary alicyclic amines) is 1. The summed E-state index contributed by atoms with van der Waals surface area (Å²) in [5.74, 6) is 1.49. The minimum Gasteiger partial charge on any atom is -0.343 e. The van der Waals surface area contributed by atoms with Gasteiger partial charge in [-0.25, -0.2) is 0 Å². The second kappa shape index (κ2) is 12.5. The predicted molar refractivity (Wildman–Crippen MR) is 98.4 cm³/mol. The molecule has 1 N–H and O–H groups in total. The first-order valence-corrected chi connectivity index (χ1v) is 9.82. The van der Waals surface area contributed by atoms with Crippen LogP contribution >= 0.6 is 11.8 Å². The molecule has 0 aromatic carbocycles. The van der Waals surface area contributed by atoms with Gasteiger partial charge in [0.1, 0.15) is 0 Å². The molecule has 137 valence electrons. The van der Waals surface area contributed by atoms with Crippen LogP contribution in [0.25, 0.3) is 0 Å². The summed E-state index contributed by atoms with van der Waals surface area (Å²) in [6.07, 6.45) is 6.90. The summed E-state index contributed by atoms with van der Waals surface area (Å²) < 4.78 is 0. The third-order valence-electron chi connectivity index (χ3n) is 4.26. The van der Waals surface area contributed by atoms with Gasteiger partial charge < -0.3 is 10.2 Å². The first kappa shape index (κ1) is 22.2. The van der Waals surface area contributed by atoms with Crippen LogP contribution in [-0.4, -0.2) is 59.8 Å². The second-order valence-electron chi connectivity index (χ2n) is 6.13. The minimum absolute atomic E-state index is 0. The summed E-state index contributed by atoms with van der Waals surface area (Å²) in [5.41, 5.74) is 0.600. The summed E-state index contributed by atoms with van der Waals surface area (Å²) in [6, 6.07) is 3.55. The molecule has 0 aliphatic carbocycles. The molecule has 1 amide bonds. The molecule has 2 heterocycles. The molecular weight excluding hydrogens is 373 g/mol. The molecule has 1 aliphatic rings. The number of aromatic nitrogens is 1. The standard InChI is InChI=1S/C18H27N3O2S.V/c1-19-8-11-24-14-16(18(23)15-6-5-7-20-13-15)12-17(22)21-9-3-2-4-10-21;/h5-7,13,16,19H,2-4,8-12,14H2,1H3;. The van der Waals surface area contributed by atoms with E-state index in [9.17, 15) is 9.59 Å². The van der Waals surface area contributed by atoms with Gasteiger partial charge in [0.2, 0.25) is 5.91 Å². The van der Waals surface area contributed by atoms with E-state index in [2.05, 4.69) is 10.3 Å². The van der Waals surface area contributed by atoms with E-state index in [-0.39, 0.29) is 36.2 Å². The number of amides is 1. The van der Waals surface area contributed by atoms with E-state index in [0.29, 0.717) is 17.7 Å². The van der Waals surface area contributed by atoms with Crippen LogP contribution in [0.3, 0.4) is 0 Å². The van der Waals surface area contributed by atoms with E-state index >= 15 is 0 Å². The summed E-state index contributed by atoms with van der Waals surface area (Å²) in [5, 5.41) is 3.10. The molecule has 1 aromatic heterocycles. The number of piperidine rings is 1. The monoisotopic (exact) mass is 400 g/mol. The molecule has 25 heavy (non-hydrogen) atoms. The fraction of sp³-hybridized carbons (Fsp3) is 0.611. The van der Waals surface area contributed by atoms with Crippen LogP contribution < -0.4 is 5.32 Å². The number of hydrogen-bond acceptors (Lipinski definition) is 5. The zero-order chi connectivity index (χ0) is 17.2. The summed E-state index contributed by atoms with van der Waals surface area (Å²) in [7, 11) is 1.92. The maximum Gasteiger partial charge on any atom is 0.223 e. The number of ketones is 1. The average Bonchev–Trinajstić information content (AvgIpc) is 2.65. The first-order chi connectivity index (χ1) is 11.7. The quantitative estimate of drug-likeness (QED) is 0.509. The molecule has 1 aromatic rings. The van der Waals surface area contributed by atoms with Crippen molar-refractivity contribution in [2.45, 2.75) is 25.7 Å². The van der Waals surface area contributed by atoms with Crippen LogP contribution in [0, 0.1) is 5.92 Å². The van der Waals surface area contributed by atoms with Crippen molar-refractivity contribution in [1.82, 2.24) is 15.2 Å². The molecule has 0 bridgehead atoms. The predicted octanol–water partition coefficient (Wildman–Crippen LogP) is 2.23. The van der Waals surface area contributed by atoms with Crippen molar-refractivity contribution in [3.05, 3.63) is 30.1 Å². The van der Waals surface area contributed by atoms with Crippen molar-refractivity contribution < 1.29 is 28.1 Å². The van der Waals surface area contributed by atoms with Gasteiger partial charge in [0, 0.05) is 80.0 Å². The normalized spacial score (nSPS) is 15.3. The van der Waals surface area contributed by atoms with Gasteiger partial charge in [0.25, 0.3) is 0 Å². The van der Waals surface area contributed by atoms with Gasteiger partial charge in [-0.3, -0.25) is 14.6 Å². The maximum atomic E-state index is 12.8. The SMILES string of the molecule is CNCCSCC(CC(=O)N1CCCCC1)C(=O)c1cccnc1.[V]. The Morgan fingerprint density at radius 1 is 1.32 bits per heavy atom. The van der Waals surface area contributed by atoms with Crippen molar-refractivity contribution in [2.24, 2.45) is 5.92 Å². The molecule has 2 rings (SSSR count). The molecule has 7 heteroatoms. The van der Waals surface area contributed by atoms with Gasteiger partial charge in [0.05, 0.1) is 0 Å². The summed E-state index contributed by atoms with van der Waals surface area (Å²) in [4.78, 5) is 31.3. The van der Waals surface area contributed by atoms with Gasteiger partial charge in [0.15, 0.2) is 5.78 Å². The van der Waals surface area contributed by atoms with Crippen molar-refractivity contribution in [3.8, 4) is 0 Å². The zero-order valence-corrected chi connectivity index (χ0v) is 17.0. The molecule has 1 unspecified atom stereocenters. The van der Waals surface area contributed by atoms with Crippen molar-refractivity contribution in [2.75, 3.05) is 38.2 Å². The third kappa shape index (κ3) is 7.53. The maximum absolute atomic E-state index is 12.8. The number of nitrogens with one attached hydrogen (secondary N) is 1. The fourth-order valence-electron chi connectivity index (χ4n) is 2.85. The van der Waals surface area contributed by atoms with E-state index < -0.39 is 0 Å². The number of hydrogen-bond donors (Lipinski definition) is 1. The molecule has 1 atom stereocenters. The van der Waals surface area contributed by atoms with Gasteiger partial charge in [-0.2, -0.15) is 11.8 Å². The van der Waals surface area contributed by atoms with Gasteiger partial charge in [-0.15, -0.1) is 0 Å². The summed E-state index contributed by atoms with van der Waals surface area (Å²) in [6.45, 7) is 2.57. The van der Waals surface area contributed by atoms with E-state index in [4.69, 9.17) is 0 Å². The number of carbonyl (C=O) groups excluding carboxylic acids is 2. The Kier molecular flexibility index (Phi) is 11.1. The summed E-state index contributed by atoms with van der Waals surface area (Å²) >= 11 is 1.72. The van der Waals surface area contributed by atoms with Gasteiger partial charge in [-0.1, -0.05) is 0 Å². The van der Waals surface area contributed by atoms with Crippen LogP contribution in [-0.2, 0) is 23.4 Å². The zero-order valence-electron chi connectivity index (χ0n) is 14.8. The Balaban J connectivity index is 0.00000312. The van der Waals surface area contributed by atoms with E-state index in [1.807, 2.05) is 11.9 Å². The van der Waals surface area contributed by atoms with Crippen LogP contribution in [0.4, 0.5) is 0 Å². The fourth-order valence-corrected chi connectivity index (χ4v) is 3.92. The number of carbonyl (C=O) groups is 2. The Morgan fingerprint density at radius 2 is 2.08 bits per heavy atom. The number of thioether (sulfide) groups is 1. The minimum atomic E-state index is -0.273. The smallest absolute Gasteiger partial charge is 0.223 e. The second-order valence-corrected chi connectivity index (χ2v) is 7.28. The van der Waals surface area contributed by atoms with Crippen molar-refractivity contribution in [3.63, 3.8) is 0 Å². The molecule has 0 spiro atoms. The van der Waals surface area contributed by atoms with Gasteiger partial charge >= 0.3 is 0 Å². The average molecular weight is 400 g/mol. The molecule has 1 saturated heterocycles. The molecule has 0 saturated carbocycles. The largest absolute Gasteiger partial charge is 0.343 e. The number of Topliss-reactive ketones (excluding diaryl/α,β-unsaturated/α-hetero) is 1. The van der Waals surface area contributed by atoms with Crippen molar-refractivity contribution in [1.29, 1.82) is 0 Å². The molecule has 5 nitrogen and oxygen atoms in total. The van der Waals surface area contributed by atoms with E-state index in [0.717, 1.165) is 38.2 Å². The van der Waals surface area contributed by atoms with Gasteiger partial charge in [-0.05, 0) is 38.4 Å². The molecule has 1 aliphatic heterocycles. The van der Waals surface area contributed by atoms with Crippen LogP contribution in [0.5, 0.6) is 0 Å². The van der Waals surface area contributed by atoms with Crippen LogP contribution in [0.15, 0.2) is 24.5 Å². The van der Waals surface area contributed by atoms with E-state index in [1.54, 1.807) is 36.3 Å². The first-order valence-electron chi connectivity index (χ1n) is 8.66. The van der Waals surface area contributed by atoms with E-state index in [1.165, 1.54) is 6.42 Å². The molecule has 1 fully saturated rings. The Labute approximate surface area is 166 Å². The number of rotatable bonds is 9. The molecular formula is C18H27N3O2SV. The Bertz CT molecular complexity index is 524. The Morgan fingerprint density at radius 3 is 2.72 bits per heavy atom. The topological polar surface area (TPSA) is 62.3 Å². The number of pyridine rings is 1. The third-order valence-corrected chi connectivity index (χ3v) is 5.39. The van der Waals surface area contributed by atoms with Crippen molar-refractivity contribution >= 4 is 23.5 Å².